The summed E-state index contributed by atoms with van der Waals surface area (Å²) in [5, 5.41) is 78.7. The van der Waals surface area contributed by atoms with Gasteiger partial charge in [0, 0.05) is 190 Å². The Morgan fingerprint density at radius 2 is 0.242 bits per heavy atom. The molecular weight excluding hydrogens is 1490 g/mol. The van der Waals surface area contributed by atoms with Gasteiger partial charge in [-0.15, -0.1) is 0 Å². The van der Waals surface area contributed by atoms with Gasteiger partial charge in [0.15, 0.2) is 176 Å². The molecule has 8 N–H and O–H groups in total. The van der Waals surface area contributed by atoms with Gasteiger partial charge in [0.1, 0.15) is 0 Å². The van der Waals surface area contributed by atoms with Gasteiger partial charge < -0.3 is 40.9 Å². The zero-order valence-corrected chi connectivity index (χ0v) is 66.8. The first-order valence-electron chi connectivity index (χ1n) is 40.4. The molecule has 0 saturated carbocycles. The van der Waals surface area contributed by atoms with Crippen molar-refractivity contribution in [3.05, 3.63) is 443 Å². The summed E-state index contributed by atoms with van der Waals surface area (Å²) in [6.07, 6.45) is 42.2. The molecule has 16 aromatic rings. The van der Waals surface area contributed by atoms with Crippen LogP contribution >= 0.6 is 0 Å². The van der Waals surface area contributed by atoms with Crippen LogP contribution in [0.3, 0.4) is 0 Å². The lowest BCUT2D eigenvalue weighted by atomic mass is 10.1. The van der Waals surface area contributed by atoms with Crippen molar-refractivity contribution in [3.63, 3.8) is 0 Å². The van der Waals surface area contributed by atoms with E-state index in [1.165, 1.54) is 0 Å². The third-order valence-electron chi connectivity index (χ3n) is 22.0. The van der Waals surface area contributed by atoms with Gasteiger partial charge in [0.2, 0.25) is 11.4 Å². The van der Waals surface area contributed by atoms with Crippen LogP contribution in [0.15, 0.2) is 354 Å². The maximum Gasteiger partial charge on any atom is 0.211 e. The molecule has 0 radical (unpaired) electrons. The summed E-state index contributed by atoms with van der Waals surface area (Å²) < 4.78 is 21.7. The molecule has 0 bridgehead atoms. The summed E-state index contributed by atoms with van der Waals surface area (Å²) in [4.78, 5) is 0. The van der Waals surface area contributed by atoms with E-state index in [1.807, 2.05) is 72.8 Å². The van der Waals surface area contributed by atoms with Gasteiger partial charge in [-0.3, -0.25) is 0 Å². The van der Waals surface area contributed by atoms with Crippen molar-refractivity contribution < 1.29 is 86.5 Å². The van der Waals surface area contributed by atoms with Crippen LogP contribution in [0.4, 0.5) is 0 Å². The molecule has 0 fully saturated rings. The Labute approximate surface area is 698 Å². The largest absolute Gasteiger partial charge is 0.392 e. The Kier molecular flexibility index (Phi) is 25.3. The number of hydrogen-bond acceptors (Lipinski definition) is 8. The highest BCUT2D eigenvalue weighted by Gasteiger charge is 2.22. The Morgan fingerprint density at radius 3 is 0.375 bits per heavy atom. The Hall–Kier alpha value is -13.5. The van der Waals surface area contributed by atoms with Gasteiger partial charge in [0.25, 0.3) is 0 Å². The molecule has 0 aliphatic heterocycles. The second-order valence-corrected chi connectivity index (χ2v) is 31.0. The maximum absolute atomic E-state index is 9.84. The summed E-state index contributed by atoms with van der Waals surface area (Å²) in [7, 11) is 0. The lowest BCUT2D eigenvalue weighted by molar-refractivity contribution is -0.689. The Bertz CT molecular complexity index is 5400. The van der Waals surface area contributed by atoms with Crippen LogP contribution in [0.5, 0.6) is 0 Å². The molecule has 594 valence electrons. The molecule has 16 rings (SSSR count). The Balaban J connectivity index is 0.643. The van der Waals surface area contributed by atoms with E-state index < -0.39 is 0 Å². The van der Waals surface area contributed by atoms with Gasteiger partial charge in [-0.05, 0) is 161 Å². The number of nitrogens with zero attached hydrogens (tertiary/aromatic N) is 10. The summed E-state index contributed by atoms with van der Waals surface area (Å²) in [6.45, 7) is 4.36. The number of aliphatic hydroxyl groups is 8. The number of aromatic nitrogens is 10. The summed E-state index contributed by atoms with van der Waals surface area (Å²) in [6, 6.07) is 79.8. The van der Waals surface area contributed by atoms with Crippen molar-refractivity contribution in [3.8, 4) is 67.0 Å². The van der Waals surface area contributed by atoms with Crippen LogP contribution < -0.4 is 45.7 Å². The first-order valence-corrected chi connectivity index (χ1v) is 40.4. The SMILES string of the molecule is OCc1cc(CO)cc(C[n+]2ccc(-c3cc[n+](Cc4cc(C[n+]5ccc(-c6cc[n+](Cc7cc(CO)cc(CO)c7)cc6)cc5)cc(-[n+]5ccc(-c6cc[n+](-c7cc(C[n+]8ccc(-c9cc[n+](Cc%10cc(CO)cc(CO)c%10)cc9)cc8)cc(C[n+]8ccc(-c9cc[n+](Cc%10cc(CO)cc(CO)c%10)cc9)cc8)c7)cc6)cc5)c4)cc3)cc2)c1. The van der Waals surface area contributed by atoms with Gasteiger partial charge in [-0.1, -0.05) is 24.3 Å². The van der Waals surface area contributed by atoms with Crippen molar-refractivity contribution in [2.24, 2.45) is 0 Å². The number of rotatable bonds is 31. The van der Waals surface area contributed by atoms with E-state index in [0.717, 1.165) is 156 Å². The summed E-state index contributed by atoms with van der Waals surface area (Å²) in [5.74, 6) is 0. The summed E-state index contributed by atoms with van der Waals surface area (Å²) >= 11 is 0. The summed E-state index contributed by atoms with van der Waals surface area (Å²) in [5.41, 5.74) is 27.9. The van der Waals surface area contributed by atoms with Crippen molar-refractivity contribution in [1.82, 2.24) is 0 Å². The minimum Gasteiger partial charge on any atom is -0.392 e. The molecule has 0 saturated heterocycles. The van der Waals surface area contributed by atoms with Crippen molar-refractivity contribution >= 4 is 0 Å². The highest BCUT2D eigenvalue weighted by Crippen LogP contribution is 2.25. The molecule has 6 aromatic carbocycles. The van der Waals surface area contributed by atoms with Gasteiger partial charge in [0.05, 0.1) is 52.9 Å². The quantitative estimate of drug-likeness (QED) is 0.0197. The predicted molar refractivity (Wildman–Crippen MR) is 450 cm³/mol. The maximum atomic E-state index is 9.84. The molecule has 18 heteroatoms. The van der Waals surface area contributed by atoms with Crippen LogP contribution in [0.25, 0.3) is 67.0 Å². The van der Waals surface area contributed by atoms with Crippen LogP contribution in [-0.2, 0) is 105 Å². The minimum atomic E-state index is -0.0812. The second-order valence-electron chi connectivity index (χ2n) is 31.0. The van der Waals surface area contributed by atoms with E-state index in [4.69, 9.17) is 0 Å². The molecule has 10 heterocycles. The lowest BCUT2D eigenvalue weighted by Crippen LogP contribution is -2.36. The number of benzene rings is 6. The highest BCUT2D eigenvalue weighted by molar-refractivity contribution is 5.64. The fraction of sp³-hybridized carbons (Fsp3) is 0.157. The van der Waals surface area contributed by atoms with Crippen molar-refractivity contribution in [2.75, 3.05) is 0 Å². The predicted octanol–water partition coefficient (Wildman–Crippen LogP) is 9.20. The number of hydrogen-bond donors (Lipinski definition) is 8. The molecule has 18 nitrogen and oxygen atoms in total. The van der Waals surface area contributed by atoms with Crippen molar-refractivity contribution in [2.45, 2.75) is 105 Å². The average molecular weight is 1590 g/mol. The molecule has 0 aliphatic carbocycles. The smallest absolute Gasteiger partial charge is 0.211 e. The van der Waals surface area contributed by atoms with E-state index in [9.17, 15) is 40.9 Å². The van der Waals surface area contributed by atoms with Gasteiger partial charge >= 0.3 is 0 Å². The van der Waals surface area contributed by atoms with Crippen LogP contribution in [0.2, 0.25) is 0 Å². The lowest BCUT2D eigenvalue weighted by Gasteiger charge is -2.07. The van der Waals surface area contributed by atoms with E-state index in [2.05, 4.69) is 327 Å². The standard InChI is InChI=1S/C102H98N10O8/c113-67-83-43-75(44-84(51-83)68-114)59-103-21-1-91(2-22-103)95-9-29-107(30-10-95)63-79-41-80(64-108-31-11-96(12-32-108)92-3-23-104(24-4-92)60-76-45-85(69-115)52-86(46-76)70-116)56-101(55-79)111-37-17-99(18-38-111)100-19-39-112(40-20-100)102-57-81(65-109-33-13-97(14-34-109)93-5-25-105(26-6-93)61-77-47-87(71-117)53-88(48-77)72-118)42-82(58-102)66-110-35-15-98(16-36-110)94-7-27-106(28-8-94)62-78-49-89(73-119)54-90(50-78)74-120/h1-58,113-120H,59-74H2/q+10. The van der Waals surface area contributed by atoms with Gasteiger partial charge in [-0.2, -0.15) is 9.13 Å². The Morgan fingerprint density at radius 1 is 0.133 bits per heavy atom. The average Bonchev–Trinajstić information content (AvgIpc) is 0.800. The zero-order chi connectivity index (χ0) is 82.3. The minimum absolute atomic E-state index is 0.0812. The monoisotopic (exact) mass is 1590 g/mol. The number of aliphatic hydroxyl groups excluding tert-OH is 8. The van der Waals surface area contributed by atoms with Crippen LogP contribution in [0, 0.1) is 0 Å². The molecule has 10 aromatic heterocycles. The molecule has 120 heavy (non-hydrogen) atoms. The third kappa shape index (κ3) is 20.4. The fourth-order valence-corrected chi connectivity index (χ4v) is 15.9. The van der Waals surface area contributed by atoms with Gasteiger partial charge in [-0.25, -0.2) is 36.5 Å². The van der Waals surface area contributed by atoms with E-state index in [0.29, 0.717) is 52.4 Å². The molecule has 0 atom stereocenters. The molecule has 0 spiro atoms. The molecule has 0 unspecified atom stereocenters. The number of pyridine rings is 10. The topological polar surface area (TPSA) is 201 Å². The highest BCUT2D eigenvalue weighted by atomic mass is 16.3. The third-order valence-corrected chi connectivity index (χ3v) is 22.0. The van der Waals surface area contributed by atoms with E-state index >= 15 is 0 Å². The second kappa shape index (κ2) is 37.8. The zero-order valence-electron chi connectivity index (χ0n) is 66.8. The molecule has 0 amide bonds. The fourth-order valence-electron chi connectivity index (χ4n) is 15.9. The first kappa shape index (κ1) is 80.3. The normalized spacial score (nSPS) is 11.4. The van der Waals surface area contributed by atoms with Crippen molar-refractivity contribution in [1.29, 1.82) is 0 Å². The van der Waals surface area contributed by atoms with Crippen LogP contribution in [-0.4, -0.2) is 40.9 Å². The molecular formula is C102H98N10O8+10. The molecule has 0 aliphatic rings. The van der Waals surface area contributed by atoms with E-state index in [1.54, 1.807) is 0 Å². The van der Waals surface area contributed by atoms with E-state index in [-0.39, 0.29) is 52.9 Å². The first-order chi connectivity index (χ1) is 58.8. The van der Waals surface area contributed by atoms with Crippen LogP contribution in [0.1, 0.15) is 89.0 Å².